The topological polar surface area (TPSA) is 45.2 Å². The molecule has 0 fully saturated rings. The fourth-order valence-corrected chi connectivity index (χ4v) is 2.85. The van der Waals surface area contributed by atoms with Crippen LogP contribution in [0.15, 0.2) is 24.4 Å². The third-order valence-corrected chi connectivity index (χ3v) is 4.64. The molecule has 1 unspecified atom stereocenters. The maximum absolute atomic E-state index is 13.3. The van der Waals surface area contributed by atoms with Gasteiger partial charge in [0.1, 0.15) is 5.82 Å². The molecule has 0 aliphatic rings. The monoisotopic (exact) mass is 328 g/mol. The predicted molar refractivity (Wildman–Crippen MR) is 84.3 cm³/mol. The number of thiazole rings is 1. The molecule has 1 aromatic carbocycles. The highest BCUT2D eigenvalue weighted by molar-refractivity contribution is 7.11. The minimum absolute atomic E-state index is 0.0600. The largest absolute Gasteiger partial charge is 0.387 e. The summed E-state index contributed by atoms with van der Waals surface area (Å²) in [5, 5.41) is 14.3. The van der Waals surface area contributed by atoms with Gasteiger partial charge in [-0.25, -0.2) is 9.37 Å². The van der Waals surface area contributed by atoms with Gasteiger partial charge >= 0.3 is 0 Å². The lowest BCUT2D eigenvalue weighted by Crippen LogP contribution is -2.20. The first-order valence-corrected chi connectivity index (χ1v) is 7.95. The molecule has 2 N–H and O–H groups in total. The van der Waals surface area contributed by atoms with Crippen LogP contribution in [-0.4, -0.2) is 16.6 Å². The first-order chi connectivity index (χ1) is 9.97. The molecule has 21 heavy (non-hydrogen) atoms. The van der Waals surface area contributed by atoms with E-state index < -0.39 is 11.9 Å². The quantitative estimate of drug-likeness (QED) is 0.845. The van der Waals surface area contributed by atoms with Crippen molar-refractivity contribution in [3.05, 3.63) is 50.7 Å². The number of halogens is 2. The Morgan fingerprint density at radius 2 is 2.19 bits per heavy atom. The molecule has 0 spiro atoms. The highest BCUT2D eigenvalue weighted by atomic mass is 35.5. The maximum atomic E-state index is 13.3. The van der Waals surface area contributed by atoms with E-state index in [0.29, 0.717) is 24.6 Å². The number of hydrogen-bond acceptors (Lipinski definition) is 4. The summed E-state index contributed by atoms with van der Waals surface area (Å²) < 4.78 is 13.3. The van der Waals surface area contributed by atoms with E-state index in [-0.39, 0.29) is 5.02 Å². The van der Waals surface area contributed by atoms with Crippen LogP contribution in [-0.2, 0) is 6.54 Å². The van der Waals surface area contributed by atoms with Crippen LogP contribution in [0.1, 0.15) is 41.3 Å². The molecule has 0 bridgehead atoms. The van der Waals surface area contributed by atoms with E-state index in [2.05, 4.69) is 24.1 Å². The van der Waals surface area contributed by atoms with Gasteiger partial charge in [0, 0.05) is 30.1 Å². The lowest BCUT2D eigenvalue weighted by atomic mass is 10.1. The van der Waals surface area contributed by atoms with Crippen molar-refractivity contribution in [2.75, 3.05) is 6.54 Å². The highest BCUT2D eigenvalue weighted by Gasteiger charge is 2.11. The van der Waals surface area contributed by atoms with Crippen molar-refractivity contribution in [1.82, 2.24) is 10.3 Å². The number of aliphatic hydroxyl groups is 1. The summed E-state index contributed by atoms with van der Waals surface area (Å²) in [5.74, 6) is -0.0939. The average molecular weight is 329 g/mol. The molecule has 0 radical (unpaired) electrons. The number of nitrogens with one attached hydrogen (secondary N) is 1. The Morgan fingerprint density at radius 1 is 1.43 bits per heavy atom. The van der Waals surface area contributed by atoms with Crippen LogP contribution in [0.4, 0.5) is 4.39 Å². The van der Waals surface area contributed by atoms with Gasteiger partial charge in [-0.3, -0.25) is 0 Å². The van der Waals surface area contributed by atoms with Gasteiger partial charge in [0.2, 0.25) is 0 Å². The molecule has 0 saturated heterocycles. The molecule has 114 valence electrons. The van der Waals surface area contributed by atoms with Gasteiger partial charge in [0.25, 0.3) is 0 Å². The first kappa shape index (κ1) is 16.4. The molecule has 1 aromatic heterocycles. The number of rotatable bonds is 6. The Kier molecular flexibility index (Phi) is 5.70. The van der Waals surface area contributed by atoms with Crippen molar-refractivity contribution in [3.8, 4) is 0 Å². The predicted octanol–water partition coefficient (Wildman–Crippen LogP) is 3.88. The molecule has 3 nitrogen and oxygen atoms in total. The van der Waals surface area contributed by atoms with Crippen molar-refractivity contribution >= 4 is 22.9 Å². The summed E-state index contributed by atoms with van der Waals surface area (Å²) >= 11 is 7.28. The van der Waals surface area contributed by atoms with Gasteiger partial charge in [-0.2, -0.15) is 0 Å². The van der Waals surface area contributed by atoms with Gasteiger partial charge in [0.15, 0.2) is 0 Å². The summed E-state index contributed by atoms with van der Waals surface area (Å²) in [6.07, 6.45) is 1.08. The zero-order valence-electron chi connectivity index (χ0n) is 11.9. The number of hydrogen-bond donors (Lipinski definition) is 2. The second kappa shape index (κ2) is 7.31. The SMILES string of the molecule is CC(C)c1ncc(CNCC(O)c2ccc(Cl)c(F)c2)s1. The number of nitrogens with zero attached hydrogens (tertiary/aromatic N) is 1. The van der Waals surface area contributed by atoms with Gasteiger partial charge in [-0.1, -0.05) is 31.5 Å². The molecule has 2 aromatic rings. The summed E-state index contributed by atoms with van der Waals surface area (Å²) in [6, 6.07) is 4.34. The minimum atomic E-state index is -0.769. The van der Waals surface area contributed by atoms with Crippen LogP contribution in [0.25, 0.3) is 0 Å². The standard InChI is InChI=1S/C15H18ClFN2OS/c1-9(2)15-19-7-11(21-15)6-18-8-14(20)10-3-4-12(16)13(17)5-10/h3-5,7,9,14,18,20H,6,8H2,1-2H3. The Balaban J connectivity index is 1.85. The lowest BCUT2D eigenvalue weighted by Gasteiger charge is -2.12. The minimum Gasteiger partial charge on any atom is -0.387 e. The summed E-state index contributed by atoms with van der Waals surface area (Å²) in [6.45, 7) is 5.19. The number of aliphatic hydroxyl groups excluding tert-OH is 1. The van der Waals surface area contributed by atoms with E-state index in [0.717, 1.165) is 9.88 Å². The molecule has 0 amide bonds. The second-order valence-electron chi connectivity index (χ2n) is 5.14. The van der Waals surface area contributed by atoms with Crippen molar-refractivity contribution in [2.45, 2.75) is 32.4 Å². The zero-order chi connectivity index (χ0) is 15.4. The van der Waals surface area contributed by atoms with Crippen LogP contribution in [0.5, 0.6) is 0 Å². The first-order valence-electron chi connectivity index (χ1n) is 6.75. The Morgan fingerprint density at radius 3 is 2.81 bits per heavy atom. The number of aromatic nitrogens is 1. The Labute approximate surface area is 132 Å². The van der Waals surface area contributed by atoms with Gasteiger partial charge in [0.05, 0.1) is 16.1 Å². The van der Waals surface area contributed by atoms with Crippen molar-refractivity contribution in [2.24, 2.45) is 0 Å². The highest BCUT2D eigenvalue weighted by Crippen LogP contribution is 2.22. The molecule has 1 heterocycles. The van der Waals surface area contributed by atoms with Crippen LogP contribution in [0.3, 0.4) is 0 Å². The smallest absolute Gasteiger partial charge is 0.142 e. The fourth-order valence-electron chi connectivity index (χ4n) is 1.84. The molecule has 1 atom stereocenters. The van der Waals surface area contributed by atoms with Crippen LogP contribution >= 0.6 is 22.9 Å². The van der Waals surface area contributed by atoms with E-state index in [1.807, 2.05) is 6.20 Å². The third kappa shape index (κ3) is 4.48. The van der Waals surface area contributed by atoms with E-state index >= 15 is 0 Å². The Bertz CT molecular complexity index is 603. The summed E-state index contributed by atoms with van der Waals surface area (Å²) in [4.78, 5) is 5.46. The van der Waals surface area contributed by atoms with Crippen molar-refractivity contribution in [3.63, 3.8) is 0 Å². The molecular formula is C15H18ClFN2OS. The maximum Gasteiger partial charge on any atom is 0.142 e. The van der Waals surface area contributed by atoms with Gasteiger partial charge in [-0.15, -0.1) is 11.3 Å². The average Bonchev–Trinajstić information content (AvgIpc) is 2.91. The van der Waals surface area contributed by atoms with Crippen molar-refractivity contribution in [1.29, 1.82) is 0 Å². The summed E-state index contributed by atoms with van der Waals surface area (Å²) in [5.41, 5.74) is 0.511. The van der Waals surface area contributed by atoms with E-state index in [1.165, 1.54) is 12.1 Å². The molecule has 0 aliphatic carbocycles. The molecule has 6 heteroatoms. The molecule has 0 saturated carbocycles. The summed E-state index contributed by atoms with van der Waals surface area (Å²) in [7, 11) is 0. The number of benzene rings is 1. The van der Waals surface area contributed by atoms with Crippen molar-refractivity contribution < 1.29 is 9.50 Å². The lowest BCUT2D eigenvalue weighted by molar-refractivity contribution is 0.174. The van der Waals surface area contributed by atoms with E-state index in [4.69, 9.17) is 11.6 Å². The van der Waals surface area contributed by atoms with E-state index in [9.17, 15) is 9.50 Å². The molecule has 0 aliphatic heterocycles. The fraction of sp³-hybridized carbons (Fsp3) is 0.400. The normalized spacial score (nSPS) is 12.9. The van der Waals surface area contributed by atoms with Crippen LogP contribution in [0.2, 0.25) is 5.02 Å². The third-order valence-electron chi connectivity index (χ3n) is 3.03. The van der Waals surface area contributed by atoms with Crippen LogP contribution < -0.4 is 5.32 Å². The molecule has 2 rings (SSSR count). The zero-order valence-corrected chi connectivity index (χ0v) is 13.5. The van der Waals surface area contributed by atoms with Gasteiger partial charge < -0.3 is 10.4 Å². The van der Waals surface area contributed by atoms with Crippen LogP contribution in [0, 0.1) is 5.82 Å². The Hall–Kier alpha value is -1.01. The molecular weight excluding hydrogens is 311 g/mol. The second-order valence-corrected chi connectivity index (χ2v) is 6.69. The van der Waals surface area contributed by atoms with E-state index in [1.54, 1.807) is 17.4 Å². The van der Waals surface area contributed by atoms with Gasteiger partial charge in [-0.05, 0) is 17.7 Å².